The van der Waals surface area contributed by atoms with Crippen LogP contribution in [0, 0.1) is 83.1 Å². The van der Waals surface area contributed by atoms with Crippen LogP contribution >= 0.6 is 0 Å². The Balaban J connectivity index is 1.83. The van der Waals surface area contributed by atoms with E-state index >= 15 is 0 Å². The maximum atomic E-state index is 7.05. The van der Waals surface area contributed by atoms with Gasteiger partial charge in [0.25, 0.3) is 0 Å². The number of hydrogen-bond donors (Lipinski definition) is 2. The van der Waals surface area contributed by atoms with Crippen LogP contribution in [-0.2, 0) is 0 Å². The second-order valence-corrected chi connectivity index (χ2v) is 19.3. The molecule has 6 rings (SSSR count). The van der Waals surface area contributed by atoms with Crippen molar-refractivity contribution in [2.24, 2.45) is 5.84 Å². The SMILES string of the molecule is Cc1cc(C)c(-c2cccc(-c3c(C)cc(C)cc3C)[c]2[Ge]([NH]N)[c]2c(-c3c(C)cc(C)cc3C)cccc2-c2c(C)cc(C)cc2C)c(C)c1. The van der Waals surface area contributed by atoms with Gasteiger partial charge < -0.3 is 0 Å². The first-order valence-electron chi connectivity index (χ1n) is 18.1. The second-order valence-electron chi connectivity index (χ2n) is 15.1. The molecule has 0 fully saturated rings. The summed E-state index contributed by atoms with van der Waals surface area (Å²) in [6.45, 7) is 26.9. The van der Waals surface area contributed by atoms with Crippen LogP contribution in [0.1, 0.15) is 66.8 Å². The van der Waals surface area contributed by atoms with Crippen LogP contribution in [0.3, 0.4) is 0 Å². The summed E-state index contributed by atoms with van der Waals surface area (Å²) in [6, 6.07) is 32.5. The predicted octanol–water partition coefficient (Wildman–Crippen LogP) is 10.6. The Bertz CT molecular complexity index is 1920. The molecule has 0 aliphatic rings. The fourth-order valence-corrected chi connectivity index (χ4v) is 14.3. The standard InChI is InChI=1S/C48H53GeN2/c1-27-19-31(5)43(32(6)20-27)39-15-13-16-40(44-33(7)21-28(2)22-34(44)8)47(39)49(51-50)48-41(45-35(9)23-29(3)24-36(45)10)17-14-18-42(48)46-37(11)25-30(4)26-38(46)12/h13-26,51H,50H2,1-12H3. The Hall–Kier alpha value is -4.22. The first-order valence-corrected chi connectivity index (χ1v) is 21.3. The zero-order chi connectivity index (χ0) is 36.9. The molecular weight excluding hydrogens is 677 g/mol. The minimum absolute atomic E-state index is 1.28. The number of rotatable bonds is 7. The number of nitrogens with two attached hydrogens (primary N) is 1. The zero-order valence-corrected chi connectivity index (χ0v) is 34.8. The minimum atomic E-state index is -2.87. The molecule has 259 valence electrons. The third kappa shape index (κ3) is 6.78. The number of benzene rings is 6. The van der Waals surface area contributed by atoms with Gasteiger partial charge in [-0.2, -0.15) is 0 Å². The van der Waals surface area contributed by atoms with Gasteiger partial charge in [0.15, 0.2) is 0 Å². The van der Waals surface area contributed by atoms with Crippen LogP contribution in [0.15, 0.2) is 84.9 Å². The van der Waals surface area contributed by atoms with Gasteiger partial charge in [0.2, 0.25) is 0 Å². The molecule has 3 heteroatoms. The van der Waals surface area contributed by atoms with E-state index in [0.29, 0.717) is 0 Å². The molecule has 0 saturated heterocycles. The van der Waals surface area contributed by atoms with E-state index in [9.17, 15) is 0 Å². The number of nitrogens with one attached hydrogen (secondary N) is 1. The number of hydrazine groups is 1. The van der Waals surface area contributed by atoms with Crippen molar-refractivity contribution in [2.45, 2.75) is 83.1 Å². The van der Waals surface area contributed by atoms with Gasteiger partial charge in [-0.25, -0.2) is 0 Å². The summed E-state index contributed by atoms with van der Waals surface area (Å²) in [5, 5.41) is 0. The van der Waals surface area contributed by atoms with Crippen molar-refractivity contribution in [1.29, 1.82) is 0 Å². The fraction of sp³-hybridized carbons (Fsp3) is 0.250. The van der Waals surface area contributed by atoms with Crippen molar-refractivity contribution in [3.05, 3.63) is 152 Å². The molecule has 1 radical (unpaired) electrons. The molecule has 0 aliphatic heterocycles. The summed E-state index contributed by atoms with van der Waals surface area (Å²) in [5.41, 5.74) is 25.9. The summed E-state index contributed by atoms with van der Waals surface area (Å²) < 4.78 is 6.37. The topological polar surface area (TPSA) is 38.0 Å². The van der Waals surface area contributed by atoms with Crippen molar-refractivity contribution < 1.29 is 0 Å². The summed E-state index contributed by atoms with van der Waals surface area (Å²) in [7, 11) is 0. The van der Waals surface area contributed by atoms with Crippen molar-refractivity contribution in [1.82, 2.24) is 4.38 Å². The quantitative estimate of drug-likeness (QED) is 0.0975. The summed E-state index contributed by atoms with van der Waals surface area (Å²) in [4.78, 5) is 0. The van der Waals surface area contributed by atoms with Gasteiger partial charge in [-0.05, 0) is 0 Å². The van der Waals surface area contributed by atoms with Crippen LogP contribution in [0.2, 0.25) is 0 Å². The molecule has 0 aliphatic carbocycles. The van der Waals surface area contributed by atoms with E-state index in [1.165, 1.54) is 120 Å². The molecule has 2 nitrogen and oxygen atoms in total. The molecule has 0 amide bonds. The molecule has 0 unspecified atom stereocenters. The van der Waals surface area contributed by atoms with Crippen LogP contribution in [-0.4, -0.2) is 14.6 Å². The predicted molar refractivity (Wildman–Crippen MR) is 224 cm³/mol. The maximum absolute atomic E-state index is 7.05. The molecule has 0 saturated carbocycles. The molecule has 0 atom stereocenters. The van der Waals surface area contributed by atoms with Crippen molar-refractivity contribution in [3.63, 3.8) is 0 Å². The van der Waals surface area contributed by atoms with Crippen molar-refractivity contribution in [3.8, 4) is 44.5 Å². The molecule has 0 aromatic heterocycles. The molecular formula is C48H53GeN2. The molecule has 3 N–H and O–H groups in total. The van der Waals surface area contributed by atoms with Crippen LogP contribution < -0.4 is 19.0 Å². The molecule has 0 spiro atoms. The van der Waals surface area contributed by atoms with Gasteiger partial charge in [-0.15, -0.1) is 0 Å². The Labute approximate surface area is 311 Å². The Kier molecular flexibility index (Phi) is 10.3. The van der Waals surface area contributed by atoms with Crippen LogP contribution in [0.25, 0.3) is 44.5 Å². The van der Waals surface area contributed by atoms with Gasteiger partial charge in [-0.1, -0.05) is 0 Å². The summed E-state index contributed by atoms with van der Waals surface area (Å²) in [6.07, 6.45) is 0. The van der Waals surface area contributed by atoms with E-state index in [1.54, 1.807) is 0 Å². The molecule has 51 heavy (non-hydrogen) atoms. The van der Waals surface area contributed by atoms with Crippen LogP contribution in [0.5, 0.6) is 0 Å². The summed E-state index contributed by atoms with van der Waals surface area (Å²) >= 11 is -2.87. The summed E-state index contributed by atoms with van der Waals surface area (Å²) in [5.74, 6) is 7.05. The first-order chi connectivity index (χ1) is 24.2. The molecule has 6 aromatic rings. The van der Waals surface area contributed by atoms with Gasteiger partial charge in [0.1, 0.15) is 0 Å². The third-order valence-electron chi connectivity index (χ3n) is 10.6. The normalized spacial score (nSPS) is 11.5. The van der Waals surface area contributed by atoms with E-state index in [2.05, 4.69) is 172 Å². The van der Waals surface area contributed by atoms with E-state index in [1.807, 2.05) is 0 Å². The van der Waals surface area contributed by atoms with Gasteiger partial charge in [-0.3, -0.25) is 0 Å². The first kappa shape index (κ1) is 36.6. The van der Waals surface area contributed by atoms with E-state index in [-0.39, 0.29) is 0 Å². The van der Waals surface area contributed by atoms with E-state index in [0.717, 1.165) is 0 Å². The van der Waals surface area contributed by atoms with Gasteiger partial charge >= 0.3 is 313 Å². The van der Waals surface area contributed by atoms with E-state index in [4.69, 9.17) is 5.84 Å². The second kappa shape index (κ2) is 14.4. The zero-order valence-electron chi connectivity index (χ0n) is 32.7. The third-order valence-corrected chi connectivity index (χ3v) is 15.5. The Morgan fingerprint density at radius 1 is 0.353 bits per heavy atom. The van der Waals surface area contributed by atoms with Gasteiger partial charge in [0.05, 0.1) is 0 Å². The fourth-order valence-electron chi connectivity index (χ4n) is 9.17. The van der Waals surface area contributed by atoms with Crippen molar-refractivity contribution in [2.75, 3.05) is 0 Å². The molecule has 6 aromatic carbocycles. The number of hydrogen-bond acceptors (Lipinski definition) is 2. The monoisotopic (exact) mass is 731 g/mol. The Morgan fingerprint density at radius 3 is 0.725 bits per heavy atom. The van der Waals surface area contributed by atoms with Crippen molar-refractivity contribution >= 4 is 23.4 Å². The average Bonchev–Trinajstić information content (AvgIpc) is 3.01. The number of aryl methyl sites for hydroxylation is 12. The van der Waals surface area contributed by atoms with Crippen LogP contribution in [0.4, 0.5) is 0 Å². The van der Waals surface area contributed by atoms with E-state index < -0.39 is 14.6 Å². The Morgan fingerprint density at radius 2 is 0.549 bits per heavy atom. The molecule has 0 heterocycles. The van der Waals surface area contributed by atoms with Gasteiger partial charge in [0, 0.05) is 0 Å². The average molecular weight is 731 g/mol. The molecule has 0 bridgehead atoms.